The minimum atomic E-state index is -0.549. The fraction of sp³-hybridized carbons (Fsp3) is 0.211. The van der Waals surface area contributed by atoms with Crippen molar-refractivity contribution in [2.24, 2.45) is 0 Å². The quantitative estimate of drug-likeness (QED) is 0.573. The van der Waals surface area contributed by atoms with E-state index in [1.165, 1.54) is 44.2 Å². The summed E-state index contributed by atoms with van der Waals surface area (Å²) in [6.07, 6.45) is 1.39. The number of nitro groups is 1. The van der Waals surface area contributed by atoms with Crippen LogP contribution in [-0.2, 0) is 11.2 Å². The first-order chi connectivity index (χ1) is 11.3. The van der Waals surface area contributed by atoms with Crippen LogP contribution in [0.5, 0.6) is 0 Å². The Hall–Kier alpha value is -2.89. The zero-order chi connectivity index (χ0) is 18.1. The second-order valence-corrected chi connectivity index (χ2v) is 5.03. The van der Waals surface area contributed by atoms with Gasteiger partial charge in [-0.1, -0.05) is 43.8 Å². The first-order valence-corrected chi connectivity index (χ1v) is 7.11. The number of benzene rings is 2. The lowest BCUT2D eigenvalue weighted by Gasteiger charge is -1.97. The number of allylic oxidation sites excluding steroid dienone is 1. The number of halogens is 2. The SMILES string of the molecule is C.C/C(=C/c1ccccc1F)[N+](=O)[O-].CC(=O)Cc1ccccc1F. The summed E-state index contributed by atoms with van der Waals surface area (Å²) < 4.78 is 25.7. The lowest BCUT2D eigenvalue weighted by atomic mass is 10.1. The number of carbonyl (C=O) groups is 1. The van der Waals surface area contributed by atoms with E-state index in [9.17, 15) is 23.7 Å². The van der Waals surface area contributed by atoms with E-state index in [2.05, 4.69) is 0 Å². The summed E-state index contributed by atoms with van der Waals surface area (Å²) in [4.78, 5) is 20.3. The van der Waals surface area contributed by atoms with Gasteiger partial charge in [-0.25, -0.2) is 8.78 Å². The Morgan fingerprint density at radius 3 is 2.04 bits per heavy atom. The highest BCUT2D eigenvalue weighted by Gasteiger charge is 2.04. The minimum Gasteiger partial charge on any atom is -0.300 e. The molecule has 2 aromatic rings. The Morgan fingerprint density at radius 2 is 1.56 bits per heavy atom. The summed E-state index contributed by atoms with van der Waals surface area (Å²) >= 11 is 0. The van der Waals surface area contributed by atoms with Gasteiger partial charge in [-0.05, 0) is 24.6 Å². The van der Waals surface area contributed by atoms with Gasteiger partial charge in [-0.3, -0.25) is 14.9 Å². The van der Waals surface area contributed by atoms with Crippen LogP contribution in [-0.4, -0.2) is 10.7 Å². The number of nitrogens with zero attached hydrogens (tertiary/aromatic N) is 1. The van der Waals surface area contributed by atoms with Crippen LogP contribution >= 0.6 is 0 Å². The maximum Gasteiger partial charge on any atom is 0.243 e. The number of hydrogen-bond acceptors (Lipinski definition) is 3. The van der Waals surface area contributed by atoms with Crippen molar-refractivity contribution in [1.82, 2.24) is 0 Å². The van der Waals surface area contributed by atoms with Gasteiger partial charge in [-0.2, -0.15) is 0 Å². The molecule has 0 radical (unpaired) electrons. The van der Waals surface area contributed by atoms with Crippen LogP contribution in [0.25, 0.3) is 6.08 Å². The molecule has 0 aliphatic heterocycles. The lowest BCUT2D eigenvalue weighted by Crippen LogP contribution is -1.98. The minimum absolute atomic E-state index is 0. The molecule has 0 saturated carbocycles. The van der Waals surface area contributed by atoms with Crippen molar-refractivity contribution >= 4 is 11.9 Å². The van der Waals surface area contributed by atoms with Crippen molar-refractivity contribution in [3.63, 3.8) is 0 Å². The third kappa shape index (κ3) is 7.97. The Balaban J connectivity index is 0.000000449. The third-order valence-electron chi connectivity index (χ3n) is 2.95. The van der Waals surface area contributed by atoms with Crippen molar-refractivity contribution in [1.29, 1.82) is 0 Å². The zero-order valence-corrected chi connectivity index (χ0v) is 13.3. The highest BCUT2D eigenvalue weighted by atomic mass is 19.1. The molecule has 134 valence electrons. The molecule has 0 bridgehead atoms. The zero-order valence-electron chi connectivity index (χ0n) is 13.3. The molecule has 6 heteroatoms. The summed E-state index contributed by atoms with van der Waals surface area (Å²) in [5.41, 5.74) is 0.627. The topological polar surface area (TPSA) is 60.2 Å². The molecular formula is C19H21F2NO3. The molecule has 0 heterocycles. The van der Waals surface area contributed by atoms with Crippen LogP contribution in [0.1, 0.15) is 32.4 Å². The maximum absolute atomic E-state index is 12.9. The van der Waals surface area contributed by atoms with Gasteiger partial charge in [-0.15, -0.1) is 0 Å². The Bertz CT molecular complexity index is 758. The van der Waals surface area contributed by atoms with Crippen LogP contribution in [0.4, 0.5) is 8.78 Å². The van der Waals surface area contributed by atoms with E-state index in [0.717, 1.165) is 0 Å². The monoisotopic (exact) mass is 349 g/mol. The summed E-state index contributed by atoms with van der Waals surface area (Å²) in [5.74, 6) is -0.776. The number of ketones is 1. The largest absolute Gasteiger partial charge is 0.300 e. The molecule has 0 aromatic heterocycles. The molecule has 0 amide bonds. The number of Topliss-reactive ketones (excluding diaryl/α,β-unsaturated/α-hetero) is 1. The smallest absolute Gasteiger partial charge is 0.243 e. The highest BCUT2D eigenvalue weighted by molar-refractivity contribution is 5.78. The van der Waals surface area contributed by atoms with Crippen molar-refractivity contribution in [2.45, 2.75) is 27.7 Å². The molecule has 0 fully saturated rings. The molecule has 0 N–H and O–H groups in total. The Morgan fingerprint density at radius 1 is 1.04 bits per heavy atom. The molecule has 2 aromatic carbocycles. The molecule has 0 spiro atoms. The average Bonchev–Trinajstić information content (AvgIpc) is 2.52. The van der Waals surface area contributed by atoms with Crippen LogP contribution in [0.3, 0.4) is 0 Å². The second kappa shape index (κ2) is 10.8. The predicted octanol–water partition coefficient (Wildman–Crippen LogP) is 5.06. The van der Waals surface area contributed by atoms with Gasteiger partial charge in [0.15, 0.2) is 0 Å². The maximum atomic E-state index is 12.9. The molecular weight excluding hydrogens is 328 g/mol. The number of rotatable bonds is 4. The van der Waals surface area contributed by atoms with Gasteiger partial charge in [0.1, 0.15) is 17.4 Å². The Labute approximate surface area is 146 Å². The van der Waals surface area contributed by atoms with Gasteiger partial charge in [0.05, 0.1) is 4.92 Å². The number of carbonyl (C=O) groups excluding carboxylic acids is 1. The molecule has 4 nitrogen and oxygen atoms in total. The van der Waals surface area contributed by atoms with E-state index in [1.54, 1.807) is 24.3 Å². The van der Waals surface area contributed by atoms with Crippen molar-refractivity contribution in [3.8, 4) is 0 Å². The average molecular weight is 349 g/mol. The number of hydrogen-bond donors (Lipinski definition) is 0. The first-order valence-electron chi connectivity index (χ1n) is 7.11. The van der Waals surface area contributed by atoms with Crippen LogP contribution < -0.4 is 0 Å². The normalized spacial score (nSPS) is 10.2. The summed E-state index contributed by atoms with van der Waals surface area (Å²) in [5, 5.41) is 10.2. The van der Waals surface area contributed by atoms with Gasteiger partial charge in [0.2, 0.25) is 5.70 Å². The van der Waals surface area contributed by atoms with E-state index in [1.807, 2.05) is 0 Å². The predicted molar refractivity (Wildman–Crippen MR) is 94.6 cm³/mol. The molecule has 2 rings (SSSR count). The van der Waals surface area contributed by atoms with Crippen LogP contribution in [0, 0.1) is 21.7 Å². The van der Waals surface area contributed by atoms with E-state index < -0.39 is 10.7 Å². The van der Waals surface area contributed by atoms with Crippen molar-refractivity contribution in [3.05, 3.63) is 87.1 Å². The molecule has 0 aliphatic rings. The molecule has 0 saturated heterocycles. The van der Waals surface area contributed by atoms with Crippen LogP contribution in [0.2, 0.25) is 0 Å². The van der Waals surface area contributed by atoms with E-state index >= 15 is 0 Å². The van der Waals surface area contributed by atoms with Gasteiger partial charge in [0, 0.05) is 25.0 Å². The summed E-state index contributed by atoms with van der Waals surface area (Å²) in [6, 6.07) is 12.2. The third-order valence-corrected chi connectivity index (χ3v) is 2.95. The molecule has 0 atom stereocenters. The van der Waals surface area contributed by atoms with Crippen molar-refractivity contribution < 1.29 is 18.5 Å². The highest BCUT2D eigenvalue weighted by Crippen LogP contribution is 2.11. The Kier molecular flexibility index (Phi) is 9.56. The van der Waals surface area contributed by atoms with Gasteiger partial charge >= 0.3 is 0 Å². The molecule has 0 unspecified atom stereocenters. The first kappa shape index (κ1) is 22.1. The fourth-order valence-electron chi connectivity index (χ4n) is 1.78. The lowest BCUT2D eigenvalue weighted by molar-refractivity contribution is -0.422. The van der Waals surface area contributed by atoms with E-state index in [-0.39, 0.29) is 36.7 Å². The summed E-state index contributed by atoms with van der Waals surface area (Å²) in [6.45, 7) is 2.78. The van der Waals surface area contributed by atoms with E-state index in [4.69, 9.17) is 0 Å². The second-order valence-electron chi connectivity index (χ2n) is 5.03. The van der Waals surface area contributed by atoms with Crippen LogP contribution in [0.15, 0.2) is 54.2 Å². The standard InChI is InChI=1S/C9H8FNO2.C9H9FO.CH4/c1-7(11(12)13)6-8-4-2-3-5-9(8)10;1-7(11)6-8-4-2-3-5-9(8)10;/h2-6H,1H3;2-5H,6H2,1H3;1H4/b7-6-;;. The molecule has 0 aliphatic carbocycles. The van der Waals surface area contributed by atoms with Gasteiger partial charge in [0.25, 0.3) is 0 Å². The van der Waals surface area contributed by atoms with Crippen molar-refractivity contribution in [2.75, 3.05) is 0 Å². The van der Waals surface area contributed by atoms with Gasteiger partial charge < -0.3 is 0 Å². The summed E-state index contributed by atoms with van der Waals surface area (Å²) in [7, 11) is 0. The fourth-order valence-corrected chi connectivity index (χ4v) is 1.78. The molecule has 25 heavy (non-hydrogen) atoms. The van der Waals surface area contributed by atoms with E-state index in [0.29, 0.717) is 5.56 Å².